The normalized spacial score (nSPS) is 23.1. The average Bonchev–Trinajstić information content (AvgIpc) is 2.83. The van der Waals surface area contributed by atoms with Gasteiger partial charge in [-0.05, 0) is 26.8 Å². The van der Waals surface area contributed by atoms with Crippen molar-refractivity contribution < 1.29 is 4.74 Å². The lowest BCUT2D eigenvalue weighted by Gasteiger charge is -2.40. The number of hydrogen-bond acceptors (Lipinski definition) is 5. The highest BCUT2D eigenvalue weighted by atomic mass is 32.1. The van der Waals surface area contributed by atoms with E-state index in [2.05, 4.69) is 48.4 Å². The molecule has 4 nitrogen and oxygen atoms in total. The standard InChI is InChI=1S/C16H29N3OS/c1-13(2)17-10-16(6-5-7-20-12-16)11-19(4)8-15-9-21-14(3)18-15/h9,13,17H,5-8,10-12H2,1-4H3. The van der Waals surface area contributed by atoms with Crippen LogP contribution in [0.15, 0.2) is 5.38 Å². The van der Waals surface area contributed by atoms with Crippen molar-refractivity contribution in [3.63, 3.8) is 0 Å². The fourth-order valence-electron chi connectivity index (χ4n) is 3.04. The highest BCUT2D eigenvalue weighted by Gasteiger charge is 2.34. The van der Waals surface area contributed by atoms with Gasteiger partial charge in [-0.3, -0.25) is 4.90 Å². The highest BCUT2D eigenvalue weighted by Crippen LogP contribution is 2.29. The van der Waals surface area contributed by atoms with Gasteiger partial charge < -0.3 is 10.1 Å². The van der Waals surface area contributed by atoms with Gasteiger partial charge in [0, 0.05) is 43.1 Å². The summed E-state index contributed by atoms with van der Waals surface area (Å²) in [5.41, 5.74) is 1.42. The molecule has 21 heavy (non-hydrogen) atoms. The molecule has 1 atom stereocenters. The first-order chi connectivity index (χ1) is 9.99. The summed E-state index contributed by atoms with van der Waals surface area (Å²) in [4.78, 5) is 6.96. The van der Waals surface area contributed by atoms with Crippen molar-refractivity contribution in [2.45, 2.75) is 46.2 Å². The molecular weight excluding hydrogens is 282 g/mol. The van der Waals surface area contributed by atoms with Gasteiger partial charge in [0.2, 0.25) is 0 Å². The molecule has 1 saturated heterocycles. The van der Waals surface area contributed by atoms with Gasteiger partial charge in [-0.15, -0.1) is 11.3 Å². The second-order valence-corrected chi connectivity index (χ2v) is 7.78. The van der Waals surface area contributed by atoms with Gasteiger partial charge in [0.25, 0.3) is 0 Å². The molecule has 0 radical (unpaired) electrons. The van der Waals surface area contributed by atoms with E-state index in [4.69, 9.17) is 4.74 Å². The molecule has 5 heteroatoms. The minimum absolute atomic E-state index is 0.238. The molecule has 120 valence electrons. The zero-order valence-electron chi connectivity index (χ0n) is 13.8. The number of ether oxygens (including phenoxy) is 1. The Morgan fingerprint density at radius 2 is 2.33 bits per heavy atom. The Morgan fingerprint density at radius 1 is 1.52 bits per heavy atom. The first-order valence-electron chi connectivity index (χ1n) is 7.90. The van der Waals surface area contributed by atoms with Crippen LogP contribution in [0.2, 0.25) is 0 Å². The van der Waals surface area contributed by atoms with Crippen LogP contribution >= 0.6 is 11.3 Å². The smallest absolute Gasteiger partial charge is 0.0897 e. The largest absolute Gasteiger partial charge is 0.381 e. The Balaban J connectivity index is 1.93. The Kier molecular flexibility index (Phi) is 6.17. The third kappa shape index (κ3) is 5.33. The van der Waals surface area contributed by atoms with E-state index in [0.717, 1.165) is 37.9 Å². The van der Waals surface area contributed by atoms with Crippen LogP contribution in [0.4, 0.5) is 0 Å². The maximum absolute atomic E-state index is 5.79. The molecule has 1 aromatic heterocycles. The highest BCUT2D eigenvalue weighted by molar-refractivity contribution is 7.09. The van der Waals surface area contributed by atoms with E-state index < -0.39 is 0 Å². The summed E-state index contributed by atoms with van der Waals surface area (Å²) >= 11 is 1.73. The van der Waals surface area contributed by atoms with Crippen LogP contribution in [0.5, 0.6) is 0 Å². The van der Waals surface area contributed by atoms with E-state index in [1.807, 2.05) is 0 Å². The van der Waals surface area contributed by atoms with Crippen LogP contribution in [-0.2, 0) is 11.3 Å². The minimum Gasteiger partial charge on any atom is -0.381 e. The summed E-state index contributed by atoms with van der Waals surface area (Å²) in [5, 5.41) is 6.93. The van der Waals surface area contributed by atoms with E-state index in [0.29, 0.717) is 6.04 Å². The van der Waals surface area contributed by atoms with Crippen molar-refractivity contribution in [2.24, 2.45) is 5.41 Å². The second-order valence-electron chi connectivity index (χ2n) is 6.72. The number of rotatable bonds is 7. The summed E-state index contributed by atoms with van der Waals surface area (Å²) in [6, 6.07) is 0.523. The third-order valence-electron chi connectivity index (χ3n) is 3.99. The Morgan fingerprint density at radius 3 is 2.90 bits per heavy atom. The molecule has 1 unspecified atom stereocenters. The maximum atomic E-state index is 5.79. The van der Waals surface area contributed by atoms with Crippen molar-refractivity contribution in [1.29, 1.82) is 0 Å². The van der Waals surface area contributed by atoms with E-state index >= 15 is 0 Å². The monoisotopic (exact) mass is 311 g/mol. The second kappa shape index (κ2) is 7.68. The quantitative estimate of drug-likeness (QED) is 0.840. The predicted molar refractivity (Wildman–Crippen MR) is 88.8 cm³/mol. The van der Waals surface area contributed by atoms with Crippen molar-refractivity contribution in [2.75, 3.05) is 33.4 Å². The minimum atomic E-state index is 0.238. The molecule has 0 amide bonds. The van der Waals surface area contributed by atoms with Gasteiger partial charge in [0.15, 0.2) is 0 Å². The lowest BCUT2D eigenvalue weighted by molar-refractivity contribution is -0.0246. The van der Waals surface area contributed by atoms with Gasteiger partial charge in [-0.2, -0.15) is 0 Å². The molecular formula is C16H29N3OS. The van der Waals surface area contributed by atoms with Crippen molar-refractivity contribution >= 4 is 11.3 Å². The average molecular weight is 311 g/mol. The number of nitrogens with zero attached hydrogens (tertiary/aromatic N) is 2. The van der Waals surface area contributed by atoms with Crippen LogP contribution in [0.3, 0.4) is 0 Å². The molecule has 1 N–H and O–H groups in total. The first kappa shape index (κ1) is 16.9. The van der Waals surface area contributed by atoms with Crippen LogP contribution in [0.25, 0.3) is 0 Å². The Labute approximate surface area is 132 Å². The fourth-order valence-corrected chi connectivity index (χ4v) is 3.64. The van der Waals surface area contributed by atoms with Crippen molar-refractivity contribution in [3.8, 4) is 0 Å². The predicted octanol–water partition coefficient (Wildman–Crippen LogP) is 2.68. The Hall–Kier alpha value is -0.490. The molecule has 1 aromatic rings. The molecule has 0 aromatic carbocycles. The van der Waals surface area contributed by atoms with Crippen LogP contribution in [0, 0.1) is 12.3 Å². The van der Waals surface area contributed by atoms with Gasteiger partial charge in [0.1, 0.15) is 0 Å². The van der Waals surface area contributed by atoms with E-state index in [9.17, 15) is 0 Å². The molecule has 1 aliphatic heterocycles. The SMILES string of the molecule is Cc1nc(CN(C)CC2(CNC(C)C)CCCOC2)cs1. The number of aryl methyl sites for hydroxylation is 1. The van der Waals surface area contributed by atoms with Crippen LogP contribution in [0.1, 0.15) is 37.4 Å². The number of thiazole rings is 1. The number of hydrogen-bond donors (Lipinski definition) is 1. The lowest BCUT2D eigenvalue weighted by Crippen LogP contribution is -2.49. The summed E-state index contributed by atoms with van der Waals surface area (Å²) in [5.74, 6) is 0. The Bertz CT molecular complexity index is 427. The van der Waals surface area contributed by atoms with E-state index in [-0.39, 0.29) is 5.41 Å². The summed E-state index contributed by atoms with van der Waals surface area (Å²) in [6.45, 7) is 11.3. The topological polar surface area (TPSA) is 37.4 Å². The third-order valence-corrected chi connectivity index (χ3v) is 4.82. The maximum Gasteiger partial charge on any atom is 0.0897 e. The molecule has 0 aliphatic carbocycles. The first-order valence-corrected chi connectivity index (χ1v) is 8.78. The summed E-state index contributed by atoms with van der Waals surface area (Å²) < 4.78 is 5.79. The number of nitrogens with one attached hydrogen (secondary N) is 1. The number of aromatic nitrogens is 1. The van der Waals surface area contributed by atoms with Gasteiger partial charge in [-0.1, -0.05) is 13.8 Å². The molecule has 0 saturated carbocycles. The summed E-state index contributed by atoms with van der Waals surface area (Å²) in [7, 11) is 2.19. The fraction of sp³-hybridized carbons (Fsp3) is 0.812. The molecule has 1 aliphatic rings. The van der Waals surface area contributed by atoms with E-state index in [1.165, 1.54) is 18.5 Å². The van der Waals surface area contributed by atoms with Crippen LogP contribution < -0.4 is 5.32 Å². The molecule has 2 rings (SSSR count). The zero-order chi connectivity index (χ0) is 15.3. The van der Waals surface area contributed by atoms with Gasteiger partial charge >= 0.3 is 0 Å². The zero-order valence-corrected chi connectivity index (χ0v) is 14.6. The molecule has 1 fully saturated rings. The summed E-state index contributed by atoms with van der Waals surface area (Å²) in [6.07, 6.45) is 2.41. The van der Waals surface area contributed by atoms with Gasteiger partial charge in [0.05, 0.1) is 17.3 Å². The van der Waals surface area contributed by atoms with Crippen molar-refractivity contribution in [1.82, 2.24) is 15.2 Å². The van der Waals surface area contributed by atoms with Gasteiger partial charge in [-0.25, -0.2) is 4.98 Å². The van der Waals surface area contributed by atoms with E-state index in [1.54, 1.807) is 11.3 Å². The van der Waals surface area contributed by atoms with Crippen molar-refractivity contribution in [3.05, 3.63) is 16.1 Å². The lowest BCUT2D eigenvalue weighted by atomic mass is 9.81. The van der Waals surface area contributed by atoms with Crippen LogP contribution in [-0.4, -0.2) is 49.3 Å². The molecule has 0 bridgehead atoms. The molecule has 0 spiro atoms. The molecule has 2 heterocycles.